The highest BCUT2D eigenvalue weighted by atomic mass is 16.7. The fraction of sp³-hybridized carbons (Fsp3) is 0.364. The van der Waals surface area contributed by atoms with E-state index in [2.05, 4.69) is 0 Å². The number of ether oxygens (including phenoxy) is 1. The first-order valence-electron chi connectivity index (χ1n) is 9.36. The molecule has 0 aromatic heterocycles. The maximum absolute atomic E-state index is 12.4. The van der Waals surface area contributed by atoms with Gasteiger partial charge in [-0.15, -0.1) is 0 Å². The molecule has 0 amide bonds. The zero-order valence-corrected chi connectivity index (χ0v) is 15.0. The van der Waals surface area contributed by atoms with Crippen molar-refractivity contribution >= 4 is 11.6 Å². The first-order chi connectivity index (χ1) is 13.0. The molecule has 2 aromatic carbocycles. The fourth-order valence-corrected chi connectivity index (χ4v) is 3.98. The van der Waals surface area contributed by atoms with Gasteiger partial charge in [-0.25, -0.2) is 0 Å². The van der Waals surface area contributed by atoms with E-state index in [0.717, 1.165) is 49.7 Å². The largest absolute Gasteiger partial charge is 0.362 e. The fourth-order valence-electron chi connectivity index (χ4n) is 3.98. The molecule has 140 valence electrons. The van der Waals surface area contributed by atoms with Crippen LogP contribution in [0, 0.1) is 0 Å². The van der Waals surface area contributed by atoms with Crippen LogP contribution in [0.3, 0.4) is 0 Å². The highest BCUT2D eigenvalue weighted by molar-refractivity contribution is 6.00. The van der Waals surface area contributed by atoms with Gasteiger partial charge in [-0.2, -0.15) is 0 Å². The monoisotopic (exact) mass is 366 g/mol. The summed E-state index contributed by atoms with van der Waals surface area (Å²) >= 11 is 0. The number of Topliss-reactive ketones (excluding diaryl/α,β-unsaturated/α-hetero) is 2. The first kappa shape index (κ1) is 18.0. The minimum Gasteiger partial charge on any atom is -0.362 e. The van der Waals surface area contributed by atoms with Gasteiger partial charge in [0.05, 0.1) is 0 Å². The molecule has 2 aliphatic rings. The molecule has 2 atom stereocenters. The number of hydrogen-bond acceptors (Lipinski definition) is 5. The molecule has 0 fully saturated rings. The first-order valence-corrected chi connectivity index (χ1v) is 9.36. The van der Waals surface area contributed by atoms with Crippen LogP contribution in [0.25, 0.3) is 0 Å². The van der Waals surface area contributed by atoms with Crippen molar-refractivity contribution in [3.05, 3.63) is 69.8 Å². The highest BCUT2D eigenvalue weighted by Gasteiger charge is 2.27. The molecule has 4 rings (SSSR count). The molecule has 5 heteroatoms. The molecule has 27 heavy (non-hydrogen) atoms. The zero-order chi connectivity index (χ0) is 19.0. The summed E-state index contributed by atoms with van der Waals surface area (Å²) in [6.45, 7) is 0. The predicted molar refractivity (Wildman–Crippen MR) is 98.7 cm³/mol. The number of aliphatic hydroxyl groups excluding tert-OH is 2. The number of rotatable bonds is 6. The van der Waals surface area contributed by atoms with E-state index in [1.807, 2.05) is 12.1 Å². The van der Waals surface area contributed by atoms with E-state index in [4.69, 9.17) is 4.74 Å². The van der Waals surface area contributed by atoms with Crippen LogP contribution in [0.1, 0.15) is 55.8 Å². The second-order valence-corrected chi connectivity index (χ2v) is 7.24. The van der Waals surface area contributed by atoms with Gasteiger partial charge in [0.1, 0.15) is 0 Å². The van der Waals surface area contributed by atoms with Gasteiger partial charge in [-0.05, 0) is 72.9 Å². The maximum Gasteiger partial charge on any atom is 0.223 e. The van der Waals surface area contributed by atoms with Gasteiger partial charge in [0.15, 0.2) is 0 Å². The van der Waals surface area contributed by atoms with Crippen molar-refractivity contribution in [3.8, 4) is 0 Å². The Morgan fingerprint density at radius 3 is 1.56 bits per heavy atom. The maximum atomic E-state index is 12.4. The Labute approximate surface area is 157 Å². The van der Waals surface area contributed by atoms with Crippen molar-refractivity contribution in [2.45, 2.75) is 51.1 Å². The molecule has 0 heterocycles. The van der Waals surface area contributed by atoms with E-state index in [0.29, 0.717) is 11.1 Å². The summed E-state index contributed by atoms with van der Waals surface area (Å²) in [5, 5.41) is 20.1. The van der Waals surface area contributed by atoms with Crippen LogP contribution in [-0.2, 0) is 30.4 Å². The van der Waals surface area contributed by atoms with Crippen molar-refractivity contribution in [2.24, 2.45) is 0 Å². The summed E-state index contributed by atoms with van der Waals surface area (Å²) in [6.07, 6.45) is 2.14. The molecule has 0 aliphatic heterocycles. The average Bonchev–Trinajstić information content (AvgIpc) is 3.34. The molecular formula is C22H22O5. The molecule has 0 saturated carbocycles. The van der Waals surface area contributed by atoms with Gasteiger partial charge in [-0.3, -0.25) is 9.59 Å². The van der Waals surface area contributed by atoms with E-state index in [1.54, 1.807) is 24.3 Å². The number of benzene rings is 2. The van der Waals surface area contributed by atoms with E-state index in [9.17, 15) is 19.8 Å². The van der Waals surface area contributed by atoms with Crippen LogP contribution >= 0.6 is 0 Å². The third-order valence-corrected chi connectivity index (χ3v) is 5.47. The summed E-state index contributed by atoms with van der Waals surface area (Å²) in [4.78, 5) is 24.8. The van der Waals surface area contributed by atoms with Gasteiger partial charge in [0, 0.05) is 11.1 Å². The minimum absolute atomic E-state index is 0.320. The number of carbonyl (C=O) groups excluding carboxylic acids is 2. The summed E-state index contributed by atoms with van der Waals surface area (Å²) in [5.74, 6) is -1.32. The average molecular weight is 366 g/mol. The Balaban J connectivity index is 1.43. The second kappa shape index (κ2) is 7.35. The molecule has 0 radical (unpaired) electrons. The molecule has 0 spiro atoms. The smallest absolute Gasteiger partial charge is 0.223 e. The summed E-state index contributed by atoms with van der Waals surface area (Å²) in [6, 6.07) is 10.6. The lowest BCUT2D eigenvalue weighted by Crippen LogP contribution is -2.34. The van der Waals surface area contributed by atoms with Gasteiger partial charge in [0.2, 0.25) is 24.1 Å². The SMILES string of the molecule is O=C(c1ccc2c(c1)CCC2)C(O)OC(O)C(=O)c1ccc2c(c1)CCC2. The van der Waals surface area contributed by atoms with Gasteiger partial charge < -0.3 is 14.9 Å². The van der Waals surface area contributed by atoms with Crippen molar-refractivity contribution in [3.63, 3.8) is 0 Å². The predicted octanol–water partition coefficient (Wildman–Crippen LogP) is 2.38. The molecule has 2 unspecified atom stereocenters. The third-order valence-electron chi connectivity index (χ3n) is 5.47. The number of fused-ring (bicyclic) bond motifs is 2. The number of ketones is 2. The Bertz CT molecular complexity index is 828. The van der Waals surface area contributed by atoms with Crippen LogP contribution in [0.4, 0.5) is 0 Å². The van der Waals surface area contributed by atoms with Crippen molar-refractivity contribution in [1.82, 2.24) is 0 Å². The van der Waals surface area contributed by atoms with Crippen molar-refractivity contribution in [1.29, 1.82) is 0 Å². The minimum atomic E-state index is -1.89. The molecule has 2 N–H and O–H groups in total. The number of hydrogen-bond donors (Lipinski definition) is 2. The molecule has 2 aliphatic carbocycles. The lowest BCUT2D eigenvalue weighted by molar-refractivity contribution is -0.163. The number of carbonyl (C=O) groups is 2. The van der Waals surface area contributed by atoms with Crippen LogP contribution in [-0.4, -0.2) is 34.4 Å². The van der Waals surface area contributed by atoms with Crippen LogP contribution in [0.5, 0.6) is 0 Å². The lowest BCUT2D eigenvalue weighted by Gasteiger charge is -2.16. The topological polar surface area (TPSA) is 83.8 Å². The van der Waals surface area contributed by atoms with E-state index in [1.165, 1.54) is 11.1 Å². The van der Waals surface area contributed by atoms with Crippen molar-refractivity contribution in [2.75, 3.05) is 0 Å². The molecule has 0 bridgehead atoms. The molecule has 5 nitrogen and oxygen atoms in total. The van der Waals surface area contributed by atoms with Gasteiger partial charge in [-0.1, -0.05) is 24.3 Å². The Morgan fingerprint density at radius 2 is 1.11 bits per heavy atom. The molecule has 2 aromatic rings. The summed E-state index contributed by atoms with van der Waals surface area (Å²) in [7, 11) is 0. The van der Waals surface area contributed by atoms with Crippen LogP contribution < -0.4 is 0 Å². The lowest BCUT2D eigenvalue weighted by atomic mass is 10.0. The molecule has 0 saturated heterocycles. The number of aliphatic hydroxyl groups is 2. The number of aryl methyl sites for hydroxylation is 4. The second-order valence-electron chi connectivity index (χ2n) is 7.24. The normalized spacial score (nSPS) is 17.3. The quantitative estimate of drug-likeness (QED) is 0.606. The molecular weight excluding hydrogens is 344 g/mol. The Morgan fingerprint density at radius 1 is 0.704 bits per heavy atom. The van der Waals surface area contributed by atoms with Gasteiger partial charge >= 0.3 is 0 Å². The summed E-state index contributed by atoms with van der Waals surface area (Å²) < 4.78 is 4.93. The standard InChI is InChI=1S/C22H22O5/c23-19(17-9-7-13-3-1-5-15(13)11-17)21(25)27-22(26)20(24)18-10-8-14-4-2-6-16(14)12-18/h7-12,21-22,25-26H,1-6H2. The van der Waals surface area contributed by atoms with E-state index in [-0.39, 0.29) is 0 Å². The Kier molecular flexibility index (Phi) is 4.91. The zero-order valence-electron chi connectivity index (χ0n) is 15.0. The van der Waals surface area contributed by atoms with Crippen LogP contribution in [0.15, 0.2) is 36.4 Å². The third kappa shape index (κ3) is 3.58. The summed E-state index contributed by atoms with van der Waals surface area (Å²) in [5.41, 5.74) is 5.27. The van der Waals surface area contributed by atoms with Crippen molar-refractivity contribution < 1.29 is 24.5 Å². The van der Waals surface area contributed by atoms with Crippen LogP contribution in [0.2, 0.25) is 0 Å². The van der Waals surface area contributed by atoms with E-state index < -0.39 is 24.1 Å². The van der Waals surface area contributed by atoms with E-state index >= 15 is 0 Å². The Hall–Kier alpha value is -2.34. The highest BCUT2D eigenvalue weighted by Crippen LogP contribution is 2.25. The van der Waals surface area contributed by atoms with Gasteiger partial charge in [0.25, 0.3) is 0 Å².